The van der Waals surface area contributed by atoms with Gasteiger partial charge < -0.3 is 10.8 Å². The summed E-state index contributed by atoms with van der Waals surface area (Å²) in [5.74, 6) is -0.917. The Kier molecular flexibility index (Phi) is 9.14. The summed E-state index contributed by atoms with van der Waals surface area (Å²) in [7, 11) is -3.80. The molecule has 160 valence electrons. The van der Waals surface area contributed by atoms with Gasteiger partial charge in [-0.2, -0.15) is 13.2 Å². The minimum atomic E-state index is -4.56. The maximum absolute atomic E-state index is 13.6. The molecule has 0 aliphatic rings. The molecule has 4 N–H and O–H groups in total. The topological polar surface area (TPSA) is 122 Å². The number of pyridine rings is 1. The molecule has 7 nitrogen and oxygen atoms in total. The fourth-order valence-electron chi connectivity index (χ4n) is 2.24. The van der Waals surface area contributed by atoms with Gasteiger partial charge in [0.2, 0.25) is 10.0 Å². The standard InChI is InChI=1S/C16H17F4N3O2S.CH2O2/c17-14-4-2-1-3-12(14)7-13(21)10-26(24,25)23-9-11-5-6-15(22-8-11)16(18,19)20;2-1-3/h1-6,8,13,23H,7,9-10,21H2;1H,(H,2,3)/t13-;/m1./s1. The molecule has 0 spiro atoms. The Balaban J connectivity index is 0.00000132. The second-order valence-electron chi connectivity index (χ2n) is 5.81. The number of hydrogen-bond acceptors (Lipinski definition) is 5. The van der Waals surface area contributed by atoms with E-state index in [2.05, 4.69) is 9.71 Å². The van der Waals surface area contributed by atoms with E-state index in [1.54, 1.807) is 6.07 Å². The maximum atomic E-state index is 13.6. The number of alkyl halides is 3. The summed E-state index contributed by atoms with van der Waals surface area (Å²) in [6.45, 7) is -0.472. The Labute approximate surface area is 164 Å². The number of benzene rings is 1. The molecule has 0 unspecified atom stereocenters. The quantitative estimate of drug-likeness (QED) is 0.449. The van der Waals surface area contributed by atoms with E-state index in [0.29, 0.717) is 5.56 Å². The van der Waals surface area contributed by atoms with Gasteiger partial charge in [-0.05, 0) is 29.7 Å². The van der Waals surface area contributed by atoms with Crippen LogP contribution in [0.1, 0.15) is 16.8 Å². The van der Waals surface area contributed by atoms with E-state index in [1.807, 2.05) is 0 Å². The summed E-state index contributed by atoms with van der Waals surface area (Å²) in [5.41, 5.74) is 5.29. The van der Waals surface area contributed by atoms with E-state index in [4.69, 9.17) is 15.6 Å². The number of nitrogens with two attached hydrogens (primary N) is 1. The number of halogens is 4. The van der Waals surface area contributed by atoms with Crippen molar-refractivity contribution in [3.63, 3.8) is 0 Å². The van der Waals surface area contributed by atoms with Crippen LogP contribution >= 0.6 is 0 Å². The number of rotatable bonds is 7. The Morgan fingerprint density at radius 3 is 2.34 bits per heavy atom. The zero-order valence-corrected chi connectivity index (χ0v) is 15.8. The molecule has 0 aliphatic carbocycles. The van der Waals surface area contributed by atoms with E-state index in [0.717, 1.165) is 18.3 Å². The molecular weight excluding hydrogens is 418 g/mol. The van der Waals surface area contributed by atoms with Gasteiger partial charge in [-0.15, -0.1) is 0 Å². The Hall–Kier alpha value is -2.57. The Morgan fingerprint density at radius 2 is 1.83 bits per heavy atom. The summed E-state index contributed by atoms with van der Waals surface area (Å²) >= 11 is 0. The molecule has 0 amide bonds. The molecule has 0 bridgehead atoms. The molecule has 2 aromatic rings. The van der Waals surface area contributed by atoms with Gasteiger partial charge >= 0.3 is 6.18 Å². The highest BCUT2D eigenvalue weighted by Crippen LogP contribution is 2.27. The first-order valence-corrected chi connectivity index (χ1v) is 9.70. The summed E-state index contributed by atoms with van der Waals surface area (Å²) in [5, 5.41) is 6.89. The lowest BCUT2D eigenvalue weighted by molar-refractivity contribution is -0.141. The summed E-state index contributed by atoms with van der Waals surface area (Å²) < 4.78 is 77.2. The van der Waals surface area contributed by atoms with Gasteiger partial charge in [0.25, 0.3) is 6.47 Å². The first kappa shape index (κ1) is 24.5. The lowest BCUT2D eigenvalue weighted by Gasteiger charge is -2.14. The van der Waals surface area contributed by atoms with Gasteiger partial charge in [-0.25, -0.2) is 17.5 Å². The minimum absolute atomic E-state index is 0.0371. The van der Waals surface area contributed by atoms with E-state index < -0.39 is 39.5 Å². The lowest BCUT2D eigenvalue weighted by Crippen LogP contribution is -2.37. The van der Waals surface area contributed by atoms with Gasteiger partial charge in [0, 0.05) is 18.8 Å². The average molecular weight is 437 g/mol. The minimum Gasteiger partial charge on any atom is -0.483 e. The van der Waals surface area contributed by atoms with Crippen LogP contribution in [0.3, 0.4) is 0 Å². The molecule has 0 saturated carbocycles. The normalized spacial score (nSPS) is 12.6. The van der Waals surface area contributed by atoms with Crippen LogP contribution in [-0.4, -0.2) is 36.8 Å². The zero-order chi connectivity index (χ0) is 22.1. The summed E-state index contributed by atoms with van der Waals surface area (Å²) in [6, 6.07) is 6.98. The van der Waals surface area contributed by atoms with Crippen molar-refractivity contribution in [1.82, 2.24) is 9.71 Å². The van der Waals surface area contributed by atoms with E-state index in [1.165, 1.54) is 18.2 Å². The van der Waals surface area contributed by atoms with Crippen molar-refractivity contribution in [3.8, 4) is 0 Å². The van der Waals surface area contributed by atoms with Crippen LogP contribution < -0.4 is 10.5 Å². The van der Waals surface area contributed by atoms with Crippen LogP contribution in [0.5, 0.6) is 0 Å². The molecule has 1 aromatic carbocycles. The lowest BCUT2D eigenvalue weighted by atomic mass is 10.1. The van der Waals surface area contributed by atoms with Crippen molar-refractivity contribution in [1.29, 1.82) is 0 Å². The van der Waals surface area contributed by atoms with Crippen molar-refractivity contribution >= 4 is 16.5 Å². The second kappa shape index (κ2) is 10.8. The van der Waals surface area contributed by atoms with E-state index in [-0.39, 0.29) is 25.0 Å². The SMILES string of the molecule is N[C@H](Cc1ccccc1F)CS(=O)(=O)NCc1ccc(C(F)(F)F)nc1.O=CO. The number of nitrogens with one attached hydrogen (secondary N) is 1. The zero-order valence-electron chi connectivity index (χ0n) is 14.9. The second-order valence-corrected chi connectivity index (χ2v) is 7.66. The van der Waals surface area contributed by atoms with Crippen LogP contribution in [0.2, 0.25) is 0 Å². The Morgan fingerprint density at radius 1 is 1.21 bits per heavy atom. The van der Waals surface area contributed by atoms with Gasteiger partial charge in [-0.1, -0.05) is 24.3 Å². The largest absolute Gasteiger partial charge is 0.483 e. The predicted octanol–water partition coefficient (Wildman–Crippen LogP) is 1.93. The predicted molar refractivity (Wildman–Crippen MR) is 96.6 cm³/mol. The molecular formula is C17H19F4N3O4S. The fraction of sp³-hybridized carbons (Fsp3) is 0.294. The third-order valence-corrected chi connectivity index (χ3v) is 4.94. The molecule has 0 aliphatic heterocycles. The first-order valence-electron chi connectivity index (χ1n) is 8.04. The highest BCUT2D eigenvalue weighted by molar-refractivity contribution is 7.89. The monoisotopic (exact) mass is 437 g/mol. The van der Waals surface area contributed by atoms with Crippen molar-refractivity contribution in [2.75, 3.05) is 5.75 Å². The van der Waals surface area contributed by atoms with E-state index in [9.17, 15) is 26.0 Å². The van der Waals surface area contributed by atoms with Gasteiger partial charge in [0.1, 0.15) is 11.5 Å². The molecule has 12 heteroatoms. The van der Waals surface area contributed by atoms with Gasteiger partial charge in [0.15, 0.2) is 0 Å². The van der Waals surface area contributed by atoms with Gasteiger partial charge in [-0.3, -0.25) is 9.78 Å². The molecule has 0 radical (unpaired) electrons. The van der Waals surface area contributed by atoms with Crippen LogP contribution in [0.25, 0.3) is 0 Å². The number of hydrogen-bond donors (Lipinski definition) is 3. The number of aromatic nitrogens is 1. The number of nitrogens with zero attached hydrogens (tertiary/aromatic N) is 1. The van der Waals surface area contributed by atoms with Crippen LogP contribution in [0, 0.1) is 5.82 Å². The molecule has 1 aromatic heterocycles. The molecule has 1 heterocycles. The highest BCUT2D eigenvalue weighted by Gasteiger charge is 2.32. The van der Waals surface area contributed by atoms with Gasteiger partial charge in [0.05, 0.1) is 5.75 Å². The number of sulfonamides is 1. The third kappa shape index (κ3) is 8.98. The van der Waals surface area contributed by atoms with Crippen LogP contribution in [0.4, 0.5) is 17.6 Å². The number of carbonyl (C=O) groups is 1. The molecule has 2 rings (SSSR count). The van der Waals surface area contributed by atoms with Crippen molar-refractivity contribution in [3.05, 3.63) is 65.2 Å². The van der Waals surface area contributed by atoms with Crippen molar-refractivity contribution in [2.24, 2.45) is 5.73 Å². The first-order chi connectivity index (χ1) is 13.5. The highest BCUT2D eigenvalue weighted by atomic mass is 32.2. The van der Waals surface area contributed by atoms with Crippen LogP contribution in [-0.2, 0) is 34.0 Å². The van der Waals surface area contributed by atoms with Crippen molar-refractivity contribution < 1.29 is 35.9 Å². The molecule has 0 fully saturated rings. The molecule has 1 atom stereocenters. The van der Waals surface area contributed by atoms with Crippen molar-refractivity contribution in [2.45, 2.75) is 25.2 Å². The Bertz CT molecular complexity index is 890. The van der Waals surface area contributed by atoms with E-state index >= 15 is 0 Å². The molecule has 29 heavy (non-hydrogen) atoms. The maximum Gasteiger partial charge on any atom is 0.433 e. The summed E-state index contributed by atoms with van der Waals surface area (Å²) in [6.07, 6.45) is -3.57. The third-order valence-electron chi connectivity index (χ3n) is 3.48. The fourth-order valence-corrected chi connectivity index (χ4v) is 3.42. The smallest absolute Gasteiger partial charge is 0.433 e. The number of carboxylic acid groups (broad SMARTS) is 1. The average Bonchev–Trinajstić information content (AvgIpc) is 2.62. The molecule has 0 saturated heterocycles. The van der Waals surface area contributed by atoms with Crippen LogP contribution in [0.15, 0.2) is 42.6 Å². The summed E-state index contributed by atoms with van der Waals surface area (Å²) in [4.78, 5) is 11.6.